The summed E-state index contributed by atoms with van der Waals surface area (Å²) in [5.74, 6) is -0.734. The van der Waals surface area contributed by atoms with Crippen LogP contribution < -0.4 is 11.5 Å². The molecule has 0 radical (unpaired) electrons. The molecule has 0 aliphatic carbocycles. The van der Waals surface area contributed by atoms with Crippen molar-refractivity contribution in [2.75, 3.05) is 12.3 Å². The molecule has 3 heterocycles. The van der Waals surface area contributed by atoms with E-state index in [4.69, 9.17) is 16.2 Å². The molecule has 29 heavy (non-hydrogen) atoms. The number of halogens is 1. The molecule has 4 rings (SSSR count). The lowest BCUT2D eigenvalue weighted by molar-refractivity contribution is -0.0501. The number of fused-ring (bicyclic) bond motifs is 1. The standard InChI is InChI=1S/C18H18BrN5O5/c19-8-3-1-2-7(4-8)12-10(16(21)28)11-15(20)22-6-23-17(11)24(12)18-14(27)13(26)9(5-25)29-18/h1-4,6,9,13-14,18,25-27H,5H2,(H2,21,28)(H2,20,22,23)/t9-,13+,14-,18-/m0/s1. The van der Waals surface area contributed by atoms with E-state index in [1.54, 1.807) is 24.3 Å². The molecule has 1 fully saturated rings. The lowest BCUT2D eigenvalue weighted by Gasteiger charge is -2.21. The average molecular weight is 464 g/mol. The SMILES string of the molecule is NC(=O)c1c(-c2cccc(Br)c2)n([C@H]2O[C@@H](CO)[C@@H](O)[C@@H]2O)c2ncnc(N)c12. The van der Waals surface area contributed by atoms with E-state index in [1.807, 2.05) is 0 Å². The Morgan fingerprint density at radius 1 is 1.28 bits per heavy atom. The maximum atomic E-state index is 12.4. The summed E-state index contributed by atoms with van der Waals surface area (Å²) in [5.41, 5.74) is 12.9. The van der Waals surface area contributed by atoms with Crippen molar-refractivity contribution in [2.45, 2.75) is 24.5 Å². The quantitative estimate of drug-likeness (QED) is 0.363. The van der Waals surface area contributed by atoms with E-state index in [2.05, 4.69) is 25.9 Å². The van der Waals surface area contributed by atoms with Crippen molar-refractivity contribution >= 4 is 38.7 Å². The summed E-state index contributed by atoms with van der Waals surface area (Å²) >= 11 is 3.40. The highest BCUT2D eigenvalue weighted by Gasteiger charge is 2.45. The van der Waals surface area contributed by atoms with E-state index < -0.39 is 37.1 Å². The third kappa shape index (κ3) is 3.07. The van der Waals surface area contributed by atoms with E-state index in [0.29, 0.717) is 11.3 Å². The van der Waals surface area contributed by atoms with Crippen LogP contribution in [-0.2, 0) is 4.74 Å². The third-order valence-corrected chi connectivity index (χ3v) is 5.42. The number of carbonyl (C=O) groups excluding carboxylic acids is 1. The predicted molar refractivity (Wildman–Crippen MR) is 107 cm³/mol. The summed E-state index contributed by atoms with van der Waals surface area (Å²) in [6.45, 7) is -0.500. The van der Waals surface area contributed by atoms with Gasteiger partial charge in [-0.2, -0.15) is 0 Å². The summed E-state index contributed by atoms with van der Waals surface area (Å²) in [6, 6.07) is 7.06. The van der Waals surface area contributed by atoms with Crippen LogP contribution in [0.5, 0.6) is 0 Å². The van der Waals surface area contributed by atoms with Crippen molar-refractivity contribution < 1.29 is 24.9 Å². The molecule has 1 saturated heterocycles. The normalized spacial score (nSPS) is 24.3. The zero-order valence-electron chi connectivity index (χ0n) is 14.9. The van der Waals surface area contributed by atoms with Gasteiger partial charge in [0.1, 0.15) is 36.1 Å². The molecule has 2 aromatic heterocycles. The number of nitrogen functional groups attached to an aromatic ring is 1. The number of anilines is 1. The highest BCUT2D eigenvalue weighted by molar-refractivity contribution is 9.10. The van der Waals surface area contributed by atoms with Crippen LogP contribution in [0.2, 0.25) is 0 Å². The van der Waals surface area contributed by atoms with Crippen molar-refractivity contribution in [2.24, 2.45) is 5.73 Å². The zero-order chi connectivity index (χ0) is 20.9. The van der Waals surface area contributed by atoms with Crippen LogP contribution >= 0.6 is 15.9 Å². The minimum absolute atomic E-state index is 0.0329. The minimum atomic E-state index is -1.40. The maximum Gasteiger partial charge on any atom is 0.251 e. The molecule has 152 valence electrons. The molecular weight excluding hydrogens is 446 g/mol. The van der Waals surface area contributed by atoms with E-state index in [1.165, 1.54) is 10.9 Å². The number of benzene rings is 1. The van der Waals surface area contributed by atoms with Gasteiger partial charge in [0.25, 0.3) is 5.91 Å². The van der Waals surface area contributed by atoms with Crippen LogP contribution in [0.25, 0.3) is 22.3 Å². The second-order valence-electron chi connectivity index (χ2n) is 6.65. The smallest absolute Gasteiger partial charge is 0.251 e. The molecule has 1 aliphatic rings. The Hall–Kier alpha value is -2.57. The third-order valence-electron chi connectivity index (χ3n) is 4.93. The molecule has 1 aliphatic heterocycles. The average Bonchev–Trinajstić information content (AvgIpc) is 3.18. The largest absolute Gasteiger partial charge is 0.394 e. The number of nitrogens with zero attached hydrogens (tertiary/aromatic N) is 3. The van der Waals surface area contributed by atoms with Crippen LogP contribution in [0.1, 0.15) is 16.6 Å². The van der Waals surface area contributed by atoms with Crippen LogP contribution in [-0.4, -0.2) is 60.7 Å². The van der Waals surface area contributed by atoms with Gasteiger partial charge < -0.3 is 31.5 Å². The Balaban J connectivity index is 2.09. The number of aliphatic hydroxyl groups is 3. The first-order chi connectivity index (χ1) is 13.8. The van der Waals surface area contributed by atoms with Crippen LogP contribution in [0.3, 0.4) is 0 Å². The Labute approximate surface area is 172 Å². The Morgan fingerprint density at radius 3 is 2.66 bits per heavy atom. The van der Waals surface area contributed by atoms with Gasteiger partial charge in [-0.25, -0.2) is 9.97 Å². The highest BCUT2D eigenvalue weighted by atomic mass is 79.9. The van der Waals surface area contributed by atoms with Gasteiger partial charge in [-0.15, -0.1) is 0 Å². The van der Waals surface area contributed by atoms with Crippen molar-refractivity contribution in [3.05, 3.63) is 40.6 Å². The molecule has 11 heteroatoms. The molecule has 1 aromatic carbocycles. The number of hydrogen-bond donors (Lipinski definition) is 5. The number of aliphatic hydroxyl groups excluding tert-OH is 3. The Bertz CT molecular complexity index is 1100. The molecule has 3 aromatic rings. The Morgan fingerprint density at radius 2 is 2.03 bits per heavy atom. The molecule has 0 spiro atoms. The van der Waals surface area contributed by atoms with Gasteiger partial charge >= 0.3 is 0 Å². The van der Waals surface area contributed by atoms with E-state index in [0.717, 1.165) is 4.47 Å². The summed E-state index contributed by atoms with van der Waals surface area (Å²) in [6.07, 6.45) is -3.69. The van der Waals surface area contributed by atoms with Crippen molar-refractivity contribution in [3.63, 3.8) is 0 Å². The second-order valence-corrected chi connectivity index (χ2v) is 7.57. The zero-order valence-corrected chi connectivity index (χ0v) is 16.5. The Kier molecular flexibility index (Phi) is 5.00. The van der Waals surface area contributed by atoms with Crippen LogP contribution in [0.4, 0.5) is 5.82 Å². The summed E-state index contributed by atoms with van der Waals surface area (Å²) < 4.78 is 7.90. The number of amides is 1. The maximum absolute atomic E-state index is 12.4. The van der Waals surface area contributed by atoms with E-state index in [9.17, 15) is 20.1 Å². The molecule has 0 saturated carbocycles. The van der Waals surface area contributed by atoms with Gasteiger partial charge in [-0.1, -0.05) is 28.1 Å². The number of primary amides is 1. The summed E-state index contributed by atoms with van der Waals surface area (Å²) in [4.78, 5) is 20.6. The van der Waals surface area contributed by atoms with Gasteiger partial charge in [0.05, 0.1) is 23.3 Å². The van der Waals surface area contributed by atoms with E-state index in [-0.39, 0.29) is 22.4 Å². The first-order valence-electron chi connectivity index (χ1n) is 8.67. The number of carbonyl (C=O) groups is 1. The van der Waals surface area contributed by atoms with Crippen molar-refractivity contribution in [1.82, 2.24) is 14.5 Å². The summed E-state index contributed by atoms with van der Waals surface area (Å²) in [7, 11) is 0. The van der Waals surface area contributed by atoms with Crippen molar-refractivity contribution in [1.29, 1.82) is 0 Å². The lowest BCUT2D eigenvalue weighted by Crippen LogP contribution is -2.33. The molecule has 0 unspecified atom stereocenters. The summed E-state index contributed by atoms with van der Waals surface area (Å²) in [5, 5.41) is 30.5. The van der Waals surface area contributed by atoms with Gasteiger partial charge in [-0.05, 0) is 12.1 Å². The molecule has 1 amide bonds. The molecule has 4 atom stereocenters. The molecule has 7 N–H and O–H groups in total. The number of nitrogens with two attached hydrogens (primary N) is 2. The first kappa shape index (κ1) is 19.7. The van der Waals surface area contributed by atoms with Gasteiger partial charge in [0.2, 0.25) is 0 Å². The first-order valence-corrected chi connectivity index (χ1v) is 9.47. The molecule has 0 bridgehead atoms. The second kappa shape index (κ2) is 7.35. The molecular formula is C18H18BrN5O5. The number of hydrogen-bond acceptors (Lipinski definition) is 8. The van der Waals surface area contributed by atoms with Crippen LogP contribution in [0, 0.1) is 0 Å². The number of aromatic nitrogens is 3. The monoisotopic (exact) mass is 463 g/mol. The highest BCUT2D eigenvalue weighted by Crippen LogP contribution is 2.41. The van der Waals surface area contributed by atoms with Gasteiger partial charge in [0, 0.05) is 10.0 Å². The topological polar surface area (TPSA) is 170 Å². The van der Waals surface area contributed by atoms with Gasteiger partial charge in [0.15, 0.2) is 6.23 Å². The molecule has 10 nitrogen and oxygen atoms in total. The predicted octanol–water partition coefficient (Wildman–Crippen LogP) is 0.153. The fraction of sp³-hybridized carbons (Fsp3) is 0.278. The van der Waals surface area contributed by atoms with E-state index >= 15 is 0 Å². The fourth-order valence-corrected chi connectivity index (χ4v) is 4.06. The van der Waals surface area contributed by atoms with Gasteiger partial charge in [-0.3, -0.25) is 9.36 Å². The number of rotatable bonds is 4. The van der Waals surface area contributed by atoms with Crippen molar-refractivity contribution in [3.8, 4) is 11.3 Å². The number of ether oxygens (including phenoxy) is 1. The lowest BCUT2D eigenvalue weighted by atomic mass is 10.0. The van der Waals surface area contributed by atoms with Crippen LogP contribution in [0.15, 0.2) is 35.1 Å². The minimum Gasteiger partial charge on any atom is -0.394 e. The fourth-order valence-electron chi connectivity index (χ4n) is 3.66.